The summed E-state index contributed by atoms with van der Waals surface area (Å²) in [6, 6.07) is 16.8. The first-order valence-electron chi connectivity index (χ1n) is 6.86. The molecule has 1 aliphatic carbocycles. The van der Waals surface area contributed by atoms with Gasteiger partial charge in [0.15, 0.2) is 0 Å². The molecule has 0 atom stereocenters. The van der Waals surface area contributed by atoms with Gasteiger partial charge in [0.1, 0.15) is 5.76 Å². The van der Waals surface area contributed by atoms with Crippen LogP contribution in [-0.2, 0) is 21.8 Å². The van der Waals surface area contributed by atoms with Crippen LogP contribution in [0, 0.1) is 0 Å². The fourth-order valence-corrected chi connectivity index (χ4v) is 1.99. The van der Waals surface area contributed by atoms with Crippen LogP contribution in [0.3, 0.4) is 0 Å². The van der Waals surface area contributed by atoms with E-state index in [4.69, 9.17) is 0 Å². The van der Waals surface area contributed by atoms with Crippen molar-refractivity contribution in [2.45, 2.75) is 0 Å². The number of aliphatic hydroxyl groups is 1. The third kappa shape index (κ3) is 5.06. The van der Waals surface area contributed by atoms with Crippen molar-refractivity contribution in [2.24, 2.45) is 0 Å². The van der Waals surface area contributed by atoms with Crippen molar-refractivity contribution < 1.29 is 31.7 Å². The molecule has 0 unspecified atom stereocenters. The molecular formula is C19H17FeO3-. The van der Waals surface area contributed by atoms with Gasteiger partial charge in [-0.25, -0.2) is 16.9 Å². The van der Waals surface area contributed by atoms with E-state index < -0.39 is 5.97 Å². The molecule has 0 aliphatic heterocycles. The van der Waals surface area contributed by atoms with Gasteiger partial charge >= 0.3 is 5.97 Å². The molecule has 0 heterocycles. The van der Waals surface area contributed by atoms with E-state index in [1.165, 1.54) is 7.11 Å². The van der Waals surface area contributed by atoms with Gasteiger partial charge < -0.3 is 9.84 Å². The molecule has 3 nitrogen and oxygen atoms in total. The predicted octanol–water partition coefficient (Wildman–Crippen LogP) is 4.27. The monoisotopic (exact) mass is 349 g/mol. The average Bonchev–Trinajstić information content (AvgIpc) is 3.28. The van der Waals surface area contributed by atoms with Crippen molar-refractivity contribution in [3.8, 4) is 0 Å². The summed E-state index contributed by atoms with van der Waals surface area (Å²) in [4.78, 5) is 11.6. The summed E-state index contributed by atoms with van der Waals surface area (Å²) in [5, 5.41) is 10.1. The van der Waals surface area contributed by atoms with Crippen molar-refractivity contribution in [1.82, 2.24) is 0 Å². The second-order valence-electron chi connectivity index (χ2n) is 4.52. The van der Waals surface area contributed by atoms with Gasteiger partial charge in [-0.15, -0.1) is 0 Å². The number of hydrogen-bond donors (Lipinski definition) is 1. The normalized spacial score (nSPS) is 11.3. The number of ether oxygens (including phenoxy) is 1. The number of methoxy groups -OCH3 is 1. The summed E-state index contributed by atoms with van der Waals surface area (Å²) < 4.78 is 4.68. The smallest absolute Gasteiger partial charge is 0.338 e. The first-order chi connectivity index (χ1) is 10.7. The molecule has 0 radical (unpaired) electrons. The number of carbonyl (C=O) groups is 1. The van der Waals surface area contributed by atoms with Crippen molar-refractivity contribution in [3.05, 3.63) is 95.6 Å². The van der Waals surface area contributed by atoms with E-state index in [2.05, 4.69) is 4.74 Å². The number of benzene rings is 1. The Morgan fingerprint density at radius 1 is 1.00 bits per heavy atom. The quantitative estimate of drug-likeness (QED) is 0.381. The number of allylic oxidation sites excluding steroid dienone is 5. The number of esters is 1. The second kappa shape index (κ2) is 9.57. The zero-order valence-corrected chi connectivity index (χ0v) is 13.7. The molecule has 1 N–H and O–H groups in total. The van der Waals surface area contributed by atoms with Crippen LogP contribution in [-0.4, -0.2) is 18.2 Å². The van der Waals surface area contributed by atoms with Crippen molar-refractivity contribution in [3.63, 3.8) is 0 Å². The maximum atomic E-state index is 11.6. The molecule has 0 fully saturated rings. The largest absolute Gasteiger partial charge is 0.507 e. The van der Waals surface area contributed by atoms with Crippen molar-refractivity contribution in [1.29, 1.82) is 0 Å². The average molecular weight is 349 g/mol. The molecule has 120 valence electrons. The molecule has 0 bridgehead atoms. The maximum Gasteiger partial charge on any atom is 0.338 e. The van der Waals surface area contributed by atoms with Gasteiger partial charge in [-0.2, -0.15) is 18.2 Å². The molecule has 4 heteroatoms. The Bertz CT molecular complexity index is 679. The van der Waals surface area contributed by atoms with Gasteiger partial charge in [0.2, 0.25) is 0 Å². The Kier molecular flexibility index (Phi) is 7.75. The third-order valence-electron chi connectivity index (χ3n) is 3.08. The predicted molar refractivity (Wildman–Crippen MR) is 87.6 cm³/mol. The summed E-state index contributed by atoms with van der Waals surface area (Å²) in [5.74, 6) is -0.380. The molecule has 3 rings (SSSR count). The fraction of sp³-hybridized carbons (Fsp3) is 0.0526. The van der Waals surface area contributed by atoms with Crippen LogP contribution in [0.2, 0.25) is 0 Å². The Morgan fingerprint density at radius 3 is 2.04 bits per heavy atom. The number of rotatable bonds is 2. The molecule has 2 aromatic rings. The van der Waals surface area contributed by atoms with Crippen LogP contribution in [0.1, 0.15) is 15.9 Å². The molecule has 0 saturated heterocycles. The first kappa shape index (κ1) is 18.6. The number of aliphatic hydroxyl groups excluding tert-OH is 1. The Hall–Kier alpha value is -2.42. The summed E-state index contributed by atoms with van der Waals surface area (Å²) >= 11 is 0. The van der Waals surface area contributed by atoms with E-state index in [-0.39, 0.29) is 22.8 Å². The topological polar surface area (TPSA) is 46.5 Å². The standard InChI is InChI=1S/C14H12O3.C5H5.Fe/c1-17-14(16)12-9-5-4-8-11(12)13(15)10-6-2-3-7-10;1-2-4-5-3-1;/h2-9,15H,1H3;1-5H;/q;-1;. The first-order valence-corrected chi connectivity index (χ1v) is 6.86. The Labute approximate surface area is 146 Å². The molecule has 1 aliphatic rings. The van der Waals surface area contributed by atoms with E-state index in [0.717, 1.165) is 0 Å². The minimum Gasteiger partial charge on any atom is -0.507 e. The zero-order valence-electron chi connectivity index (χ0n) is 12.6. The van der Waals surface area contributed by atoms with Gasteiger partial charge in [-0.05, 0) is 6.07 Å². The Balaban J connectivity index is 0.000000377. The van der Waals surface area contributed by atoms with Crippen LogP contribution in [0.5, 0.6) is 0 Å². The van der Waals surface area contributed by atoms with E-state index in [1.54, 1.807) is 36.4 Å². The molecule has 0 spiro atoms. The van der Waals surface area contributed by atoms with Gasteiger partial charge in [0.25, 0.3) is 0 Å². The molecule has 2 aromatic carbocycles. The summed E-state index contributed by atoms with van der Waals surface area (Å²) in [7, 11) is 1.32. The van der Waals surface area contributed by atoms with E-state index in [1.807, 2.05) is 42.5 Å². The SMILES string of the molecule is COC(=O)c1ccccc1C(O)=C1C=CC=C1.[Fe].c1cc[cH-]c1. The van der Waals surface area contributed by atoms with E-state index >= 15 is 0 Å². The van der Waals surface area contributed by atoms with E-state index in [0.29, 0.717) is 16.7 Å². The zero-order chi connectivity index (χ0) is 15.8. The van der Waals surface area contributed by atoms with Gasteiger partial charge in [-0.1, -0.05) is 42.5 Å². The second-order valence-corrected chi connectivity index (χ2v) is 4.52. The van der Waals surface area contributed by atoms with E-state index in [9.17, 15) is 9.90 Å². The summed E-state index contributed by atoms with van der Waals surface area (Å²) in [5.41, 5.74) is 1.51. The van der Waals surface area contributed by atoms with Gasteiger partial charge in [0, 0.05) is 28.2 Å². The number of carbonyl (C=O) groups excluding carboxylic acids is 1. The van der Waals surface area contributed by atoms with Crippen LogP contribution in [0.25, 0.3) is 5.76 Å². The minimum absolute atomic E-state index is 0. The molecule has 23 heavy (non-hydrogen) atoms. The minimum atomic E-state index is -0.460. The van der Waals surface area contributed by atoms with Crippen LogP contribution in [0.4, 0.5) is 0 Å². The molecule has 0 saturated carbocycles. The van der Waals surface area contributed by atoms with Gasteiger partial charge in [0.05, 0.1) is 12.7 Å². The molecule has 0 amide bonds. The molecule has 0 aromatic heterocycles. The van der Waals surface area contributed by atoms with Crippen LogP contribution in [0.15, 0.2) is 84.5 Å². The van der Waals surface area contributed by atoms with Crippen LogP contribution >= 0.6 is 0 Å². The Morgan fingerprint density at radius 2 is 1.57 bits per heavy atom. The van der Waals surface area contributed by atoms with Crippen molar-refractivity contribution >= 4 is 11.7 Å². The summed E-state index contributed by atoms with van der Waals surface area (Å²) in [6.07, 6.45) is 7.21. The maximum absolute atomic E-state index is 11.6. The fourth-order valence-electron chi connectivity index (χ4n) is 1.99. The van der Waals surface area contributed by atoms with Crippen molar-refractivity contribution in [2.75, 3.05) is 7.11 Å². The third-order valence-corrected chi connectivity index (χ3v) is 3.08. The van der Waals surface area contributed by atoms with Gasteiger partial charge in [-0.3, -0.25) is 0 Å². The summed E-state index contributed by atoms with van der Waals surface area (Å²) in [6.45, 7) is 0. The molecular weight excluding hydrogens is 332 g/mol. The van der Waals surface area contributed by atoms with Crippen LogP contribution < -0.4 is 0 Å². The number of hydrogen-bond acceptors (Lipinski definition) is 3.